The number of amides is 2. The van der Waals surface area contributed by atoms with E-state index >= 15 is 0 Å². The van der Waals surface area contributed by atoms with E-state index < -0.39 is 29.4 Å². The van der Waals surface area contributed by atoms with Gasteiger partial charge in [0.1, 0.15) is 11.4 Å². The van der Waals surface area contributed by atoms with Crippen LogP contribution in [0.2, 0.25) is 0 Å². The first-order valence-corrected chi connectivity index (χ1v) is 8.32. The number of rotatable bonds is 5. The van der Waals surface area contributed by atoms with E-state index in [9.17, 15) is 14.4 Å². The minimum absolute atomic E-state index is 0.325. The first-order valence-electron chi connectivity index (χ1n) is 8.32. The van der Waals surface area contributed by atoms with Crippen molar-refractivity contribution in [2.75, 3.05) is 27.9 Å². The molecule has 1 aromatic rings. The van der Waals surface area contributed by atoms with Gasteiger partial charge in [0.15, 0.2) is 0 Å². The van der Waals surface area contributed by atoms with Crippen LogP contribution in [0.4, 0.5) is 0 Å². The molecule has 3 rings (SSSR count). The fourth-order valence-electron chi connectivity index (χ4n) is 3.82. The van der Waals surface area contributed by atoms with Gasteiger partial charge >= 0.3 is 5.97 Å². The summed E-state index contributed by atoms with van der Waals surface area (Å²) in [7, 11) is 4.29. The average Bonchev–Trinajstić information content (AvgIpc) is 3.09. The van der Waals surface area contributed by atoms with Crippen molar-refractivity contribution in [3.63, 3.8) is 0 Å². The van der Waals surface area contributed by atoms with Gasteiger partial charge < -0.3 is 9.47 Å². The molecule has 0 bridgehead atoms. The van der Waals surface area contributed by atoms with E-state index in [-0.39, 0.29) is 11.8 Å². The molecule has 0 radical (unpaired) electrons. The number of fused-ring (bicyclic) bond motifs is 1. The van der Waals surface area contributed by atoms with Crippen molar-refractivity contribution in [2.45, 2.75) is 24.9 Å². The summed E-state index contributed by atoms with van der Waals surface area (Å²) in [5.41, 5.74) is -0.652. The molecular formula is C17H22N4O5. The molecule has 9 heteroatoms. The lowest BCUT2D eigenvalue weighted by Gasteiger charge is -2.27. The van der Waals surface area contributed by atoms with Gasteiger partial charge in [-0.1, -0.05) is 0 Å². The Balaban J connectivity index is 1.96. The zero-order valence-electron chi connectivity index (χ0n) is 15.2. The lowest BCUT2D eigenvalue weighted by atomic mass is 9.80. The average molecular weight is 362 g/mol. The largest absolute Gasteiger partial charge is 0.468 e. The van der Waals surface area contributed by atoms with Gasteiger partial charge in [0.2, 0.25) is 11.8 Å². The van der Waals surface area contributed by atoms with E-state index in [2.05, 4.69) is 15.3 Å². The highest BCUT2D eigenvalue weighted by molar-refractivity contribution is 6.09. The third-order valence-electron chi connectivity index (χ3n) is 5.23. The summed E-state index contributed by atoms with van der Waals surface area (Å²) in [4.78, 5) is 47.3. The van der Waals surface area contributed by atoms with Crippen molar-refractivity contribution in [3.8, 4) is 0 Å². The summed E-state index contributed by atoms with van der Waals surface area (Å²) in [6.07, 6.45) is 3.80. The molecule has 3 heterocycles. The predicted octanol–water partition coefficient (Wildman–Crippen LogP) is -0.527. The van der Waals surface area contributed by atoms with Gasteiger partial charge in [-0.2, -0.15) is 0 Å². The number of aromatic nitrogens is 2. The monoisotopic (exact) mass is 362 g/mol. The third kappa shape index (κ3) is 2.67. The van der Waals surface area contributed by atoms with Crippen LogP contribution in [0.15, 0.2) is 12.4 Å². The highest BCUT2D eigenvalue weighted by atomic mass is 16.5. The lowest BCUT2D eigenvalue weighted by Crippen LogP contribution is -2.53. The van der Waals surface area contributed by atoms with Crippen LogP contribution < -0.4 is 5.32 Å². The van der Waals surface area contributed by atoms with Crippen LogP contribution in [-0.2, 0) is 30.3 Å². The first-order chi connectivity index (χ1) is 12.3. The Hall–Kier alpha value is -2.39. The van der Waals surface area contributed by atoms with Crippen LogP contribution in [0.3, 0.4) is 0 Å². The summed E-state index contributed by atoms with van der Waals surface area (Å²) in [6.45, 7) is 2.10. The number of esters is 1. The van der Waals surface area contributed by atoms with Gasteiger partial charge in [0.05, 0.1) is 25.6 Å². The molecule has 0 aliphatic carbocycles. The van der Waals surface area contributed by atoms with Crippen LogP contribution >= 0.6 is 0 Å². The number of nitrogens with one attached hydrogen (secondary N) is 1. The van der Waals surface area contributed by atoms with Gasteiger partial charge in [0, 0.05) is 44.6 Å². The van der Waals surface area contributed by atoms with Gasteiger partial charge in [-0.25, -0.2) is 9.97 Å². The highest BCUT2D eigenvalue weighted by Gasteiger charge is 2.66. The smallest absolute Gasteiger partial charge is 0.326 e. The van der Waals surface area contributed by atoms with Crippen LogP contribution in [0, 0.1) is 11.8 Å². The molecule has 140 valence electrons. The molecule has 1 aromatic heterocycles. The quantitative estimate of drug-likeness (QED) is 0.550. The Kier molecular flexibility index (Phi) is 4.76. The number of carbonyl (C=O) groups is 3. The molecule has 2 aliphatic rings. The maximum atomic E-state index is 12.6. The second-order valence-corrected chi connectivity index (χ2v) is 6.73. The molecule has 0 aromatic carbocycles. The second kappa shape index (κ2) is 6.73. The van der Waals surface area contributed by atoms with Crippen LogP contribution in [0.1, 0.15) is 24.4 Å². The Labute approximate surface area is 151 Å². The predicted molar refractivity (Wildman–Crippen MR) is 88.7 cm³/mol. The van der Waals surface area contributed by atoms with E-state index in [0.717, 1.165) is 4.90 Å². The van der Waals surface area contributed by atoms with E-state index in [0.29, 0.717) is 24.4 Å². The minimum Gasteiger partial charge on any atom is -0.468 e. The standard InChI is InChI=1S/C17H22N4O5/c1-17(16(24)26-4)12-11(14(22)21(2)15(12)23)13(20-17)9-7-18-10(19-8-9)5-6-25-3/h7-8,11-13,20H,5-6H2,1-4H3/t11-,12-,13-,17-/m0/s1. The van der Waals surface area contributed by atoms with Crippen molar-refractivity contribution >= 4 is 17.8 Å². The van der Waals surface area contributed by atoms with E-state index in [1.165, 1.54) is 14.2 Å². The number of ether oxygens (including phenoxy) is 2. The lowest BCUT2D eigenvalue weighted by molar-refractivity contribution is -0.152. The number of hydrogen-bond acceptors (Lipinski definition) is 8. The maximum Gasteiger partial charge on any atom is 0.326 e. The van der Waals surface area contributed by atoms with Crippen molar-refractivity contribution in [1.29, 1.82) is 0 Å². The molecule has 0 unspecified atom stereocenters. The molecule has 2 aliphatic heterocycles. The van der Waals surface area contributed by atoms with E-state index in [4.69, 9.17) is 9.47 Å². The molecular weight excluding hydrogens is 340 g/mol. The van der Waals surface area contributed by atoms with Gasteiger partial charge in [0.25, 0.3) is 0 Å². The number of hydrogen-bond donors (Lipinski definition) is 1. The molecule has 0 spiro atoms. The molecule has 2 saturated heterocycles. The van der Waals surface area contributed by atoms with Gasteiger partial charge in [-0.15, -0.1) is 0 Å². The Morgan fingerprint density at radius 2 is 1.92 bits per heavy atom. The molecule has 2 fully saturated rings. The Bertz CT molecular complexity index is 737. The molecule has 1 N–H and O–H groups in total. The summed E-state index contributed by atoms with van der Waals surface area (Å²) < 4.78 is 9.89. The topological polar surface area (TPSA) is 111 Å². The van der Waals surface area contributed by atoms with Crippen LogP contribution in [-0.4, -0.2) is 66.1 Å². The summed E-state index contributed by atoms with van der Waals surface area (Å²) in [5.74, 6) is -2.21. The van der Waals surface area contributed by atoms with Crippen molar-refractivity contribution in [1.82, 2.24) is 20.2 Å². The Morgan fingerprint density at radius 1 is 1.27 bits per heavy atom. The fraction of sp³-hybridized carbons (Fsp3) is 0.588. The summed E-state index contributed by atoms with van der Waals surface area (Å²) in [6, 6.07) is -0.554. The normalized spacial score (nSPS) is 30.6. The number of imide groups is 1. The van der Waals surface area contributed by atoms with E-state index in [1.807, 2.05) is 0 Å². The Morgan fingerprint density at radius 3 is 2.50 bits per heavy atom. The number of methoxy groups -OCH3 is 2. The third-order valence-corrected chi connectivity index (χ3v) is 5.23. The molecule has 26 heavy (non-hydrogen) atoms. The molecule has 4 atom stereocenters. The van der Waals surface area contributed by atoms with E-state index in [1.54, 1.807) is 26.4 Å². The zero-order chi connectivity index (χ0) is 19.1. The maximum absolute atomic E-state index is 12.6. The van der Waals surface area contributed by atoms with Crippen LogP contribution in [0.5, 0.6) is 0 Å². The van der Waals surface area contributed by atoms with Crippen LogP contribution in [0.25, 0.3) is 0 Å². The number of likely N-dealkylation sites (tertiary alicyclic amines) is 1. The minimum atomic E-state index is -1.30. The molecule has 2 amide bonds. The first kappa shape index (κ1) is 18.4. The second-order valence-electron chi connectivity index (χ2n) is 6.73. The van der Waals surface area contributed by atoms with Crippen molar-refractivity contribution < 1.29 is 23.9 Å². The fourth-order valence-corrected chi connectivity index (χ4v) is 3.82. The highest BCUT2D eigenvalue weighted by Crippen LogP contribution is 2.48. The summed E-state index contributed by atoms with van der Waals surface area (Å²) >= 11 is 0. The number of carbonyl (C=O) groups excluding carboxylic acids is 3. The van der Waals surface area contributed by atoms with Crippen molar-refractivity contribution in [2.24, 2.45) is 11.8 Å². The SMILES string of the molecule is COCCc1ncc([C@@H]2N[C@](C)(C(=O)OC)[C@@H]3C(=O)N(C)C(=O)[C@@H]32)cn1. The summed E-state index contributed by atoms with van der Waals surface area (Å²) in [5, 5.41) is 3.13. The van der Waals surface area contributed by atoms with Gasteiger partial charge in [-0.05, 0) is 6.92 Å². The number of nitrogens with zero attached hydrogens (tertiary/aromatic N) is 3. The van der Waals surface area contributed by atoms with Crippen molar-refractivity contribution in [3.05, 3.63) is 23.8 Å². The zero-order valence-corrected chi connectivity index (χ0v) is 15.2. The van der Waals surface area contributed by atoms with Gasteiger partial charge in [-0.3, -0.25) is 24.6 Å². The molecule has 0 saturated carbocycles. The molecule has 9 nitrogen and oxygen atoms in total.